The van der Waals surface area contributed by atoms with Gasteiger partial charge < -0.3 is 20.4 Å². The van der Waals surface area contributed by atoms with E-state index in [-0.39, 0.29) is 41.0 Å². The lowest BCUT2D eigenvalue weighted by Crippen LogP contribution is -2.62. The number of aliphatic carboxylic acids is 1. The topological polar surface area (TPSA) is 98.0 Å². The quantitative estimate of drug-likeness (QED) is 0.478. The van der Waals surface area contributed by atoms with Gasteiger partial charge in [-0.1, -0.05) is 40.5 Å². The first-order valence-electron chi connectivity index (χ1n) is 13.3. The minimum atomic E-state index is -0.715. The molecule has 5 heteroatoms. The second-order valence-electron chi connectivity index (χ2n) is 12.7. The van der Waals surface area contributed by atoms with Crippen molar-refractivity contribution < 1.29 is 25.2 Å². The summed E-state index contributed by atoms with van der Waals surface area (Å²) >= 11 is 0. The minimum absolute atomic E-state index is 0.113. The van der Waals surface area contributed by atoms with Crippen LogP contribution in [0.3, 0.4) is 0 Å². The predicted molar refractivity (Wildman–Crippen MR) is 124 cm³/mol. The molecule has 0 aliphatic heterocycles. The summed E-state index contributed by atoms with van der Waals surface area (Å²) in [5, 5.41) is 42.4. The van der Waals surface area contributed by atoms with E-state index in [1.165, 1.54) is 0 Å². The number of aliphatic hydroxyl groups is 3. The number of rotatable bonds is 6. The molecule has 0 saturated heterocycles. The lowest BCUT2D eigenvalue weighted by atomic mass is 9.43. The Morgan fingerprint density at radius 3 is 2.38 bits per heavy atom. The Morgan fingerprint density at radius 1 is 0.969 bits per heavy atom. The summed E-state index contributed by atoms with van der Waals surface area (Å²) in [5.74, 6) is 1.16. The van der Waals surface area contributed by atoms with Crippen LogP contribution in [0.5, 0.6) is 0 Å². The molecule has 0 aromatic carbocycles. The number of carboxylic acids is 1. The van der Waals surface area contributed by atoms with E-state index in [4.69, 9.17) is 0 Å². The van der Waals surface area contributed by atoms with Gasteiger partial charge in [0.2, 0.25) is 0 Å². The van der Waals surface area contributed by atoms with E-state index in [0.717, 1.165) is 57.8 Å². The average Bonchev–Trinajstić information content (AvgIpc) is 3.08. The molecule has 4 aliphatic rings. The van der Waals surface area contributed by atoms with Crippen LogP contribution < -0.4 is 0 Å². The number of hydrogen-bond acceptors (Lipinski definition) is 4. The van der Waals surface area contributed by atoms with Gasteiger partial charge in [-0.15, -0.1) is 0 Å². The van der Waals surface area contributed by atoms with Crippen molar-refractivity contribution in [2.75, 3.05) is 0 Å². The SMILES string of the molecule is CC(CCC[C@@H](C)[C@H]1CC[C@H]2[C@@H]3[C@H](O)C[C@H]4C[C@@H](O)CC[C@]4(C)[C@H]3C[C@H](O)[C@]12C)C(=O)O. The van der Waals surface area contributed by atoms with Crippen molar-refractivity contribution in [1.29, 1.82) is 0 Å². The van der Waals surface area contributed by atoms with Crippen LogP contribution in [-0.2, 0) is 4.79 Å². The first-order chi connectivity index (χ1) is 15.0. The lowest BCUT2D eigenvalue weighted by Gasteiger charge is -2.63. The Hall–Kier alpha value is -0.650. The van der Waals surface area contributed by atoms with Gasteiger partial charge in [0.25, 0.3) is 0 Å². The molecule has 32 heavy (non-hydrogen) atoms. The van der Waals surface area contributed by atoms with Gasteiger partial charge in [0.15, 0.2) is 0 Å². The molecule has 1 unspecified atom stereocenters. The Morgan fingerprint density at radius 2 is 1.69 bits per heavy atom. The number of hydrogen-bond donors (Lipinski definition) is 4. The minimum Gasteiger partial charge on any atom is -0.481 e. The summed E-state index contributed by atoms with van der Waals surface area (Å²) in [6.07, 6.45) is 8.11. The van der Waals surface area contributed by atoms with Crippen LogP contribution in [-0.4, -0.2) is 44.7 Å². The van der Waals surface area contributed by atoms with Crippen molar-refractivity contribution in [3.63, 3.8) is 0 Å². The van der Waals surface area contributed by atoms with Crippen molar-refractivity contribution in [3.8, 4) is 0 Å². The average molecular weight is 451 g/mol. The molecule has 0 aromatic heterocycles. The molecule has 0 spiro atoms. The molecule has 12 atom stereocenters. The summed E-state index contributed by atoms with van der Waals surface area (Å²) in [6, 6.07) is 0. The highest BCUT2D eigenvalue weighted by molar-refractivity contribution is 5.69. The second-order valence-corrected chi connectivity index (χ2v) is 12.7. The van der Waals surface area contributed by atoms with Crippen LogP contribution in [0, 0.1) is 52.3 Å². The van der Waals surface area contributed by atoms with Gasteiger partial charge in [-0.05, 0) is 97.7 Å². The Balaban J connectivity index is 1.51. The highest BCUT2D eigenvalue weighted by Crippen LogP contribution is 2.68. The predicted octanol–water partition coefficient (Wildman–Crippen LogP) is 4.47. The van der Waals surface area contributed by atoms with Crippen LogP contribution in [0.15, 0.2) is 0 Å². The zero-order valence-electron chi connectivity index (χ0n) is 20.5. The first-order valence-corrected chi connectivity index (χ1v) is 13.3. The fourth-order valence-electron chi connectivity index (χ4n) is 9.20. The summed E-state index contributed by atoms with van der Waals surface area (Å²) in [6.45, 7) is 8.74. The summed E-state index contributed by atoms with van der Waals surface area (Å²) in [4.78, 5) is 11.2. The molecule has 184 valence electrons. The summed E-state index contributed by atoms with van der Waals surface area (Å²) < 4.78 is 0. The number of fused-ring (bicyclic) bond motifs is 5. The smallest absolute Gasteiger partial charge is 0.306 e. The molecule has 5 nitrogen and oxygen atoms in total. The van der Waals surface area contributed by atoms with Crippen molar-refractivity contribution in [1.82, 2.24) is 0 Å². The third kappa shape index (κ3) is 3.84. The van der Waals surface area contributed by atoms with E-state index in [0.29, 0.717) is 36.0 Å². The van der Waals surface area contributed by atoms with Crippen molar-refractivity contribution >= 4 is 5.97 Å². The van der Waals surface area contributed by atoms with Crippen molar-refractivity contribution in [2.24, 2.45) is 52.3 Å². The van der Waals surface area contributed by atoms with Gasteiger partial charge >= 0.3 is 5.97 Å². The molecular formula is C27H46O5. The maximum absolute atomic E-state index is 11.6. The molecule has 0 aromatic rings. The second kappa shape index (κ2) is 8.85. The molecule has 0 radical (unpaired) electrons. The van der Waals surface area contributed by atoms with Gasteiger partial charge in [-0.25, -0.2) is 0 Å². The zero-order valence-corrected chi connectivity index (χ0v) is 20.5. The van der Waals surface area contributed by atoms with Crippen molar-refractivity contribution in [2.45, 2.75) is 110 Å². The number of aliphatic hydroxyl groups excluding tert-OH is 3. The van der Waals surface area contributed by atoms with Crippen LogP contribution in [0.2, 0.25) is 0 Å². The fraction of sp³-hybridized carbons (Fsp3) is 0.963. The normalized spacial score (nSPS) is 50.1. The molecular weight excluding hydrogens is 404 g/mol. The maximum atomic E-state index is 11.6. The summed E-state index contributed by atoms with van der Waals surface area (Å²) in [7, 11) is 0. The Kier molecular flexibility index (Phi) is 6.77. The monoisotopic (exact) mass is 450 g/mol. The molecule has 0 bridgehead atoms. The standard InChI is InChI=1S/C27H46O5/c1-15(6-5-7-16(2)25(31)32)19-8-9-20-24-21(14-23(30)27(19,20)4)26(3)11-10-18(28)12-17(26)13-22(24)29/h15-24,28-30H,5-14H2,1-4H3,(H,31,32)/t15-,16?,17-,18+,19-,20+,21+,22-,23+,24+,26+,27-/m1/s1. The van der Waals surface area contributed by atoms with Crippen LogP contribution in [0.4, 0.5) is 0 Å². The first kappa shape index (κ1) is 24.5. The van der Waals surface area contributed by atoms with Gasteiger partial charge in [-0.3, -0.25) is 4.79 Å². The fourth-order valence-corrected chi connectivity index (χ4v) is 9.20. The lowest BCUT2D eigenvalue weighted by molar-refractivity contribution is -0.207. The van der Waals surface area contributed by atoms with Crippen LogP contribution in [0.25, 0.3) is 0 Å². The number of carbonyl (C=O) groups is 1. The molecule has 4 saturated carbocycles. The van der Waals surface area contributed by atoms with E-state index in [9.17, 15) is 25.2 Å². The van der Waals surface area contributed by atoms with E-state index >= 15 is 0 Å². The third-order valence-electron chi connectivity index (χ3n) is 11.2. The van der Waals surface area contributed by atoms with Crippen LogP contribution >= 0.6 is 0 Å². The van der Waals surface area contributed by atoms with E-state index in [1.54, 1.807) is 6.92 Å². The molecule has 4 fully saturated rings. The zero-order chi connectivity index (χ0) is 23.4. The van der Waals surface area contributed by atoms with Crippen LogP contribution in [0.1, 0.15) is 91.9 Å². The maximum Gasteiger partial charge on any atom is 0.306 e. The van der Waals surface area contributed by atoms with Gasteiger partial charge in [0.05, 0.1) is 24.2 Å². The number of carboxylic acid groups (broad SMARTS) is 1. The van der Waals surface area contributed by atoms with E-state index < -0.39 is 5.97 Å². The highest BCUT2D eigenvalue weighted by atomic mass is 16.4. The molecule has 4 N–H and O–H groups in total. The molecule has 4 rings (SSSR count). The van der Waals surface area contributed by atoms with Crippen molar-refractivity contribution in [3.05, 3.63) is 0 Å². The van der Waals surface area contributed by atoms with Gasteiger partial charge in [-0.2, -0.15) is 0 Å². The Bertz CT molecular complexity index is 696. The van der Waals surface area contributed by atoms with E-state index in [2.05, 4.69) is 20.8 Å². The van der Waals surface area contributed by atoms with Gasteiger partial charge in [0.1, 0.15) is 0 Å². The highest BCUT2D eigenvalue weighted by Gasteiger charge is 2.65. The Labute approximate surface area is 194 Å². The molecule has 4 aliphatic carbocycles. The third-order valence-corrected chi connectivity index (χ3v) is 11.2. The van der Waals surface area contributed by atoms with E-state index in [1.807, 2.05) is 0 Å². The van der Waals surface area contributed by atoms with Gasteiger partial charge in [0, 0.05) is 0 Å². The molecule has 0 amide bonds. The molecule has 0 heterocycles. The summed E-state index contributed by atoms with van der Waals surface area (Å²) in [5.41, 5.74) is -0.0561. The largest absolute Gasteiger partial charge is 0.481 e.